The van der Waals surface area contributed by atoms with Crippen molar-refractivity contribution in [3.05, 3.63) is 20.8 Å². The molecule has 0 aromatic carbocycles. The number of nitrogens with one attached hydrogen (secondary N) is 1. The Kier molecular flexibility index (Phi) is 5.67. The van der Waals surface area contributed by atoms with E-state index in [2.05, 4.69) is 57.9 Å². The maximum Gasteiger partial charge on any atom is 0.262 e. The highest BCUT2D eigenvalue weighted by molar-refractivity contribution is 9.10. The number of thiophene rings is 1. The number of alkyl halides is 1. The van der Waals surface area contributed by atoms with Gasteiger partial charge in [-0.15, -0.1) is 11.3 Å². The van der Waals surface area contributed by atoms with Crippen LogP contribution in [-0.2, 0) is 0 Å². The van der Waals surface area contributed by atoms with Crippen LogP contribution in [-0.4, -0.2) is 17.3 Å². The van der Waals surface area contributed by atoms with E-state index in [4.69, 9.17) is 0 Å². The fraction of sp³-hybridized carbons (Fsp3) is 0.583. The van der Waals surface area contributed by atoms with E-state index in [0.29, 0.717) is 11.4 Å². The first kappa shape index (κ1) is 15.2. The summed E-state index contributed by atoms with van der Waals surface area (Å²) in [7, 11) is 0. The van der Waals surface area contributed by atoms with E-state index < -0.39 is 0 Å². The van der Waals surface area contributed by atoms with Crippen LogP contribution in [0.25, 0.3) is 0 Å². The van der Waals surface area contributed by atoms with Crippen LogP contribution in [0.4, 0.5) is 0 Å². The molecule has 1 amide bonds. The highest BCUT2D eigenvalue weighted by Crippen LogP contribution is 2.25. The van der Waals surface area contributed by atoms with E-state index in [9.17, 15) is 4.79 Å². The Morgan fingerprint density at radius 3 is 2.65 bits per heavy atom. The molecule has 1 aromatic heterocycles. The van der Waals surface area contributed by atoms with E-state index >= 15 is 0 Å². The van der Waals surface area contributed by atoms with E-state index in [0.717, 1.165) is 15.8 Å². The zero-order valence-electron chi connectivity index (χ0n) is 10.2. The van der Waals surface area contributed by atoms with E-state index in [1.807, 2.05) is 11.4 Å². The number of hydrogen-bond donors (Lipinski definition) is 1. The predicted octanol–water partition coefficient (Wildman–Crippen LogP) is 4.44. The van der Waals surface area contributed by atoms with E-state index in [-0.39, 0.29) is 11.3 Å². The van der Waals surface area contributed by atoms with Crippen LogP contribution >= 0.6 is 43.2 Å². The fourth-order valence-corrected chi connectivity index (χ4v) is 4.08. The first-order valence-corrected chi connectivity index (χ1v) is 8.04. The molecule has 96 valence electrons. The van der Waals surface area contributed by atoms with Gasteiger partial charge >= 0.3 is 0 Å². The van der Waals surface area contributed by atoms with Crippen molar-refractivity contribution in [1.82, 2.24) is 5.32 Å². The van der Waals surface area contributed by atoms with Gasteiger partial charge in [0, 0.05) is 15.8 Å². The fourth-order valence-electron chi connectivity index (χ4n) is 1.48. The highest BCUT2D eigenvalue weighted by atomic mass is 79.9. The number of carbonyl (C=O) groups excluding carboxylic acids is 1. The standard InChI is InChI=1S/C12H17Br2NOS/c1-12(2,3)6-8(13)7-15-11(16)10-9(14)4-5-17-10/h4-5,8H,6-7H2,1-3H3,(H,15,16). The van der Waals surface area contributed by atoms with Gasteiger partial charge in [0.1, 0.15) is 4.88 Å². The molecule has 0 bridgehead atoms. The Balaban J connectivity index is 2.42. The van der Waals surface area contributed by atoms with Gasteiger partial charge in [-0.1, -0.05) is 36.7 Å². The van der Waals surface area contributed by atoms with Gasteiger partial charge in [0.15, 0.2) is 0 Å². The molecule has 1 unspecified atom stereocenters. The smallest absolute Gasteiger partial charge is 0.262 e. The van der Waals surface area contributed by atoms with Gasteiger partial charge in [-0.05, 0) is 39.2 Å². The Morgan fingerprint density at radius 2 is 2.18 bits per heavy atom. The molecule has 2 nitrogen and oxygen atoms in total. The number of hydrogen-bond acceptors (Lipinski definition) is 2. The average Bonchev–Trinajstić information content (AvgIpc) is 2.58. The predicted molar refractivity (Wildman–Crippen MR) is 81.1 cm³/mol. The molecule has 1 heterocycles. The summed E-state index contributed by atoms with van der Waals surface area (Å²) in [6.07, 6.45) is 1.03. The summed E-state index contributed by atoms with van der Waals surface area (Å²) in [5.74, 6) is -0.00904. The molecule has 0 saturated heterocycles. The van der Waals surface area contributed by atoms with Gasteiger partial charge in [0.2, 0.25) is 0 Å². The van der Waals surface area contributed by atoms with Crippen LogP contribution in [0.2, 0.25) is 0 Å². The van der Waals surface area contributed by atoms with Gasteiger partial charge in [-0.25, -0.2) is 0 Å². The van der Waals surface area contributed by atoms with Crippen LogP contribution in [0, 0.1) is 5.41 Å². The van der Waals surface area contributed by atoms with E-state index in [1.165, 1.54) is 11.3 Å². The highest BCUT2D eigenvalue weighted by Gasteiger charge is 2.18. The lowest BCUT2D eigenvalue weighted by molar-refractivity contribution is 0.0956. The Labute approximate surface area is 123 Å². The van der Waals surface area contributed by atoms with Crippen molar-refractivity contribution in [3.8, 4) is 0 Å². The minimum atomic E-state index is -0.00904. The van der Waals surface area contributed by atoms with Crippen LogP contribution in [0.15, 0.2) is 15.9 Å². The Morgan fingerprint density at radius 1 is 1.53 bits per heavy atom. The molecule has 1 rings (SSSR count). The van der Waals surface area contributed by atoms with Gasteiger partial charge in [0.25, 0.3) is 5.91 Å². The van der Waals surface area contributed by atoms with Crippen molar-refractivity contribution < 1.29 is 4.79 Å². The topological polar surface area (TPSA) is 29.1 Å². The molecule has 5 heteroatoms. The quantitative estimate of drug-likeness (QED) is 0.766. The number of rotatable bonds is 4. The van der Waals surface area contributed by atoms with Crippen LogP contribution in [0.3, 0.4) is 0 Å². The lowest BCUT2D eigenvalue weighted by Gasteiger charge is -2.22. The van der Waals surface area contributed by atoms with E-state index in [1.54, 1.807) is 0 Å². The van der Waals surface area contributed by atoms with Crippen LogP contribution < -0.4 is 5.32 Å². The first-order valence-electron chi connectivity index (χ1n) is 5.45. The number of carbonyl (C=O) groups is 1. The second kappa shape index (κ2) is 6.34. The van der Waals surface area contributed by atoms with Crippen LogP contribution in [0.1, 0.15) is 36.9 Å². The maximum absolute atomic E-state index is 11.8. The third-order valence-corrected chi connectivity index (χ3v) is 4.63. The molecule has 0 radical (unpaired) electrons. The van der Waals surface area contributed by atoms with Crippen LogP contribution in [0.5, 0.6) is 0 Å². The normalized spacial score (nSPS) is 13.5. The maximum atomic E-state index is 11.8. The second-order valence-corrected chi connectivity index (χ2v) is 8.24. The summed E-state index contributed by atoms with van der Waals surface area (Å²) < 4.78 is 0.863. The van der Waals surface area contributed by atoms with Gasteiger partial charge in [-0.3, -0.25) is 4.79 Å². The van der Waals surface area contributed by atoms with Crippen molar-refractivity contribution in [2.45, 2.75) is 32.0 Å². The van der Waals surface area contributed by atoms with Crippen molar-refractivity contribution in [1.29, 1.82) is 0 Å². The van der Waals surface area contributed by atoms with Crippen molar-refractivity contribution in [2.75, 3.05) is 6.54 Å². The minimum Gasteiger partial charge on any atom is -0.350 e. The molecule has 0 aliphatic rings. The monoisotopic (exact) mass is 381 g/mol. The summed E-state index contributed by atoms with van der Waals surface area (Å²) in [4.78, 5) is 12.9. The molecule has 0 saturated carbocycles. The molecule has 1 aromatic rings. The number of halogens is 2. The molecule has 0 aliphatic carbocycles. The molecule has 1 atom stereocenters. The number of amides is 1. The zero-order valence-corrected chi connectivity index (χ0v) is 14.2. The Hall–Kier alpha value is 0.130. The minimum absolute atomic E-state index is 0.00904. The van der Waals surface area contributed by atoms with Gasteiger partial charge < -0.3 is 5.32 Å². The van der Waals surface area contributed by atoms with Crippen molar-refractivity contribution in [3.63, 3.8) is 0 Å². The molecule has 0 spiro atoms. The SMILES string of the molecule is CC(C)(C)CC(Br)CNC(=O)c1sccc1Br. The van der Waals surface area contributed by atoms with Crippen molar-refractivity contribution >= 4 is 49.1 Å². The Bertz CT molecular complexity index is 384. The molecule has 0 fully saturated rings. The largest absolute Gasteiger partial charge is 0.350 e. The molecular weight excluding hydrogens is 366 g/mol. The first-order chi connectivity index (χ1) is 7.79. The molecule has 0 aliphatic heterocycles. The summed E-state index contributed by atoms with van der Waals surface area (Å²) in [5, 5.41) is 4.85. The lowest BCUT2D eigenvalue weighted by Crippen LogP contribution is -2.31. The van der Waals surface area contributed by atoms with Gasteiger partial charge in [0.05, 0.1) is 0 Å². The summed E-state index contributed by atoms with van der Waals surface area (Å²) in [5.41, 5.74) is 0.266. The lowest BCUT2D eigenvalue weighted by atomic mass is 9.90. The third kappa shape index (κ3) is 5.53. The zero-order chi connectivity index (χ0) is 13.1. The molecule has 1 N–H and O–H groups in total. The average molecular weight is 383 g/mol. The molecule has 17 heavy (non-hydrogen) atoms. The third-order valence-electron chi connectivity index (χ3n) is 2.14. The van der Waals surface area contributed by atoms with Gasteiger partial charge in [-0.2, -0.15) is 0 Å². The summed E-state index contributed by atoms with van der Waals surface area (Å²) in [6.45, 7) is 7.23. The van der Waals surface area contributed by atoms with Crippen molar-refractivity contribution in [2.24, 2.45) is 5.41 Å². The second-order valence-electron chi connectivity index (χ2n) is 5.17. The summed E-state index contributed by atoms with van der Waals surface area (Å²) >= 11 is 8.41. The summed E-state index contributed by atoms with van der Waals surface area (Å²) in [6, 6.07) is 1.89. The molecular formula is C12H17Br2NOS.